The molecule has 0 spiro atoms. The molecule has 1 amide bonds. The average molecular weight is 428 g/mol. The van der Waals surface area contributed by atoms with Gasteiger partial charge in [0.1, 0.15) is 12.2 Å². The molecule has 0 radical (unpaired) electrons. The van der Waals surface area contributed by atoms with Gasteiger partial charge in [-0.05, 0) is 47.2 Å². The number of ether oxygens (including phenoxy) is 1. The lowest BCUT2D eigenvalue weighted by Crippen LogP contribution is -2.41. The van der Waals surface area contributed by atoms with Crippen LogP contribution < -0.4 is 4.90 Å². The average Bonchev–Trinajstić information content (AvgIpc) is 3.45. The molecule has 1 N–H and O–H groups in total. The van der Waals surface area contributed by atoms with E-state index < -0.39 is 12.1 Å². The summed E-state index contributed by atoms with van der Waals surface area (Å²) in [4.78, 5) is 30.9. The Balaban J connectivity index is 1.44. The van der Waals surface area contributed by atoms with E-state index in [9.17, 15) is 14.7 Å². The van der Waals surface area contributed by atoms with Gasteiger partial charge in [0, 0.05) is 18.2 Å². The molecule has 0 bridgehead atoms. The summed E-state index contributed by atoms with van der Waals surface area (Å²) in [5.41, 5.74) is 4.60. The molecular weight excluding hydrogens is 404 g/mol. The minimum absolute atomic E-state index is 0.00732. The van der Waals surface area contributed by atoms with Crippen LogP contribution in [0.5, 0.6) is 0 Å². The van der Waals surface area contributed by atoms with Gasteiger partial charge in [0.15, 0.2) is 5.82 Å². The molecule has 6 heteroatoms. The number of carbonyl (C=O) groups is 2. The molecule has 1 fully saturated rings. The Labute approximate surface area is 186 Å². The van der Waals surface area contributed by atoms with Crippen molar-refractivity contribution in [2.24, 2.45) is 0 Å². The normalized spacial score (nSPS) is 15.2. The number of aromatic nitrogens is 1. The molecule has 3 aromatic rings. The zero-order chi connectivity index (χ0) is 22.1. The Morgan fingerprint density at radius 1 is 0.938 bits per heavy atom. The Bertz CT molecular complexity index is 1120. The number of amides is 1. The van der Waals surface area contributed by atoms with Crippen LogP contribution in [-0.2, 0) is 4.74 Å². The lowest BCUT2D eigenvalue weighted by molar-refractivity contribution is 0.0697. The Morgan fingerprint density at radius 3 is 2.19 bits per heavy atom. The van der Waals surface area contributed by atoms with Crippen LogP contribution in [-0.4, -0.2) is 34.8 Å². The number of fused-ring (bicyclic) bond motifs is 3. The van der Waals surface area contributed by atoms with E-state index in [0.717, 1.165) is 47.9 Å². The molecule has 1 aromatic heterocycles. The standard InChI is InChI=1S/C26H24N2O4/c29-25(30)22-14-7-15-27-24(22)28(17-8-1-2-9-17)26(31)32-16-23-20-12-5-3-10-18(20)19-11-4-6-13-21(19)23/h3-7,10-15,17,23H,1-2,8-9,16H2,(H,29,30). The van der Waals surface area contributed by atoms with E-state index in [4.69, 9.17) is 4.74 Å². The van der Waals surface area contributed by atoms with E-state index in [2.05, 4.69) is 29.2 Å². The number of aromatic carboxylic acids is 1. The maximum absolute atomic E-state index is 13.4. The second-order valence-electron chi connectivity index (χ2n) is 8.29. The third-order valence-corrected chi connectivity index (χ3v) is 6.47. The number of carboxylic acids is 1. The van der Waals surface area contributed by atoms with Crippen LogP contribution in [0.25, 0.3) is 11.1 Å². The van der Waals surface area contributed by atoms with Crippen LogP contribution in [0, 0.1) is 0 Å². The smallest absolute Gasteiger partial charge is 0.415 e. The van der Waals surface area contributed by atoms with Crippen molar-refractivity contribution in [2.75, 3.05) is 11.5 Å². The number of anilines is 1. The molecule has 5 rings (SSSR count). The van der Waals surface area contributed by atoms with Gasteiger partial charge in [-0.3, -0.25) is 4.90 Å². The molecule has 0 saturated heterocycles. The number of nitrogens with zero attached hydrogens (tertiary/aromatic N) is 2. The zero-order valence-corrected chi connectivity index (χ0v) is 17.6. The molecule has 32 heavy (non-hydrogen) atoms. The fraction of sp³-hybridized carbons (Fsp3) is 0.269. The summed E-state index contributed by atoms with van der Waals surface area (Å²) in [6, 6.07) is 19.3. The Hall–Kier alpha value is -3.67. The van der Waals surface area contributed by atoms with Crippen molar-refractivity contribution in [3.63, 3.8) is 0 Å². The number of hydrogen-bond acceptors (Lipinski definition) is 4. The maximum atomic E-state index is 13.4. The van der Waals surface area contributed by atoms with E-state index in [-0.39, 0.29) is 29.9 Å². The molecule has 0 unspecified atom stereocenters. The van der Waals surface area contributed by atoms with Crippen LogP contribution in [0.1, 0.15) is 53.1 Å². The first kappa shape index (κ1) is 20.2. The van der Waals surface area contributed by atoms with Gasteiger partial charge < -0.3 is 9.84 Å². The van der Waals surface area contributed by atoms with Gasteiger partial charge in [-0.2, -0.15) is 0 Å². The highest BCUT2D eigenvalue weighted by molar-refractivity contribution is 5.98. The van der Waals surface area contributed by atoms with Crippen molar-refractivity contribution >= 4 is 17.9 Å². The third-order valence-electron chi connectivity index (χ3n) is 6.47. The van der Waals surface area contributed by atoms with E-state index in [1.54, 1.807) is 6.07 Å². The van der Waals surface area contributed by atoms with Crippen molar-refractivity contribution in [1.29, 1.82) is 0 Å². The summed E-state index contributed by atoms with van der Waals surface area (Å²) >= 11 is 0. The van der Waals surface area contributed by atoms with E-state index in [1.807, 2.05) is 24.3 Å². The van der Waals surface area contributed by atoms with Gasteiger partial charge in [-0.1, -0.05) is 61.4 Å². The van der Waals surface area contributed by atoms with Gasteiger partial charge in [-0.25, -0.2) is 14.6 Å². The number of hydrogen-bond donors (Lipinski definition) is 1. The molecule has 6 nitrogen and oxygen atoms in total. The molecular formula is C26H24N2O4. The molecule has 2 aliphatic carbocycles. The van der Waals surface area contributed by atoms with Crippen LogP contribution in [0.3, 0.4) is 0 Å². The number of pyridine rings is 1. The lowest BCUT2D eigenvalue weighted by Gasteiger charge is -2.28. The summed E-state index contributed by atoms with van der Waals surface area (Å²) in [6.45, 7) is 0.186. The van der Waals surface area contributed by atoms with E-state index >= 15 is 0 Å². The Morgan fingerprint density at radius 2 is 1.56 bits per heavy atom. The zero-order valence-electron chi connectivity index (χ0n) is 17.6. The molecule has 0 atom stereocenters. The first-order chi connectivity index (χ1) is 15.6. The lowest BCUT2D eigenvalue weighted by atomic mass is 9.98. The van der Waals surface area contributed by atoms with Crippen molar-refractivity contribution < 1.29 is 19.4 Å². The summed E-state index contributed by atoms with van der Waals surface area (Å²) in [7, 11) is 0. The highest BCUT2D eigenvalue weighted by atomic mass is 16.6. The van der Waals surface area contributed by atoms with Crippen molar-refractivity contribution in [3.8, 4) is 11.1 Å². The second kappa shape index (κ2) is 8.46. The van der Waals surface area contributed by atoms with E-state index in [1.165, 1.54) is 17.2 Å². The topological polar surface area (TPSA) is 79.7 Å². The van der Waals surface area contributed by atoms with Gasteiger partial charge in [-0.15, -0.1) is 0 Å². The van der Waals surface area contributed by atoms with Crippen molar-refractivity contribution in [1.82, 2.24) is 4.98 Å². The van der Waals surface area contributed by atoms with Crippen molar-refractivity contribution in [3.05, 3.63) is 83.6 Å². The summed E-state index contributed by atoms with van der Waals surface area (Å²) < 4.78 is 5.86. The van der Waals surface area contributed by atoms with Crippen molar-refractivity contribution in [2.45, 2.75) is 37.6 Å². The fourth-order valence-corrected chi connectivity index (χ4v) is 4.99. The minimum atomic E-state index is -1.11. The first-order valence-corrected chi connectivity index (χ1v) is 11.0. The minimum Gasteiger partial charge on any atom is -0.478 e. The second-order valence-corrected chi connectivity index (χ2v) is 8.29. The molecule has 1 heterocycles. The van der Waals surface area contributed by atoms with Crippen LogP contribution in [0.15, 0.2) is 66.9 Å². The quantitative estimate of drug-likeness (QED) is 0.582. The molecule has 2 aromatic carbocycles. The molecule has 2 aliphatic rings. The van der Waals surface area contributed by atoms with Gasteiger partial charge in [0.25, 0.3) is 0 Å². The SMILES string of the molecule is O=C(O)c1cccnc1N(C(=O)OCC1c2ccccc2-c2ccccc21)C1CCCC1. The molecule has 0 aliphatic heterocycles. The summed E-state index contributed by atoms with van der Waals surface area (Å²) in [5, 5.41) is 9.64. The molecule has 162 valence electrons. The number of carboxylic acid groups (broad SMARTS) is 1. The van der Waals surface area contributed by atoms with Crippen LogP contribution in [0.4, 0.5) is 10.6 Å². The molecule has 1 saturated carbocycles. The highest BCUT2D eigenvalue weighted by Crippen LogP contribution is 2.44. The summed E-state index contributed by atoms with van der Waals surface area (Å²) in [5.74, 6) is -1.01. The van der Waals surface area contributed by atoms with Gasteiger partial charge in [0.05, 0.1) is 0 Å². The fourth-order valence-electron chi connectivity index (χ4n) is 4.99. The first-order valence-electron chi connectivity index (χ1n) is 11.0. The van der Waals surface area contributed by atoms with Gasteiger partial charge in [0.2, 0.25) is 0 Å². The highest BCUT2D eigenvalue weighted by Gasteiger charge is 2.35. The van der Waals surface area contributed by atoms with E-state index in [0.29, 0.717) is 0 Å². The largest absolute Gasteiger partial charge is 0.478 e. The number of benzene rings is 2. The number of rotatable bonds is 5. The number of carbonyl (C=O) groups excluding carboxylic acids is 1. The third kappa shape index (κ3) is 3.51. The maximum Gasteiger partial charge on any atom is 0.415 e. The van der Waals surface area contributed by atoms with Crippen LogP contribution >= 0.6 is 0 Å². The Kier molecular flexibility index (Phi) is 5.35. The predicted octanol–water partition coefficient (Wildman–Crippen LogP) is 5.48. The summed E-state index contributed by atoms with van der Waals surface area (Å²) in [6.07, 6.45) is 4.57. The van der Waals surface area contributed by atoms with Gasteiger partial charge >= 0.3 is 12.1 Å². The monoisotopic (exact) mass is 428 g/mol. The van der Waals surface area contributed by atoms with Crippen LogP contribution in [0.2, 0.25) is 0 Å². The predicted molar refractivity (Wildman–Crippen MR) is 121 cm³/mol.